The van der Waals surface area contributed by atoms with Crippen LogP contribution in [0.5, 0.6) is 0 Å². The molecule has 1 aliphatic rings. The molecule has 0 N–H and O–H groups in total. The number of amides is 2. The Morgan fingerprint density at radius 2 is 1.70 bits per heavy atom. The van der Waals surface area contributed by atoms with Crippen LogP contribution >= 0.6 is 0 Å². The molecule has 206 valence electrons. The zero-order chi connectivity index (χ0) is 28.1. The first kappa shape index (κ1) is 27.2. The van der Waals surface area contributed by atoms with E-state index in [2.05, 4.69) is 0 Å². The predicted octanol–water partition coefficient (Wildman–Crippen LogP) is 4.92. The third kappa shape index (κ3) is 6.43. The molecule has 4 aromatic rings. The molecule has 7 nitrogen and oxygen atoms in total. The molecule has 1 fully saturated rings. The van der Waals surface area contributed by atoms with Gasteiger partial charge in [-0.25, -0.2) is 8.78 Å². The van der Waals surface area contributed by atoms with E-state index in [4.69, 9.17) is 9.15 Å². The monoisotopic (exact) mass is 546 g/mol. The fourth-order valence-corrected chi connectivity index (χ4v) is 4.80. The quantitative estimate of drug-likeness (QED) is 0.298. The Morgan fingerprint density at radius 3 is 2.45 bits per heavy atom. The van der Waals surface area contributed by atoms with Gasteiger partial charge < -0.3 is 19.0 Å². The van der Waals surface area contributed by atoms with Crippen molar-refractivity contribution in [3.8, 4) is 0 Å². The summed E-state index contributed by atoms with van der Waals surface area (Å²) in [6, 6.07) is 17.8. The molecule has 0 aliphatic carbocycles. The van der Waals surface area contributed by atoms with Crippen molar-refractivity contribution < 1.29 is 27.5 Å². The lowest BCUT2D eigenvalue weighted by molar-refractivity contribution is -0.133. The van der Waals surface area contributed by atoms with Crippen molar-refractivity contribution >= 4 is 22.8 Å². The smallest absolute Gasteiger partial charge is 0.254 e. The van der Waals surface area contributed by atoms with E-state index < -0.39 is 23.4 Å². The fourth-order valence-electron chi connectivity index (χ4n) is 4.80. The summed E-state index contributed by atoms with van der Waals surface area (Å²) in [7, 11) is 0. The van der Waals surface area contributed by atoms with Crippen LogP contribution in [0, 0.1) is 11.6 Å². The van der Waals surface area contributed by atoms with Crippen molar-refractivity contribution in [1.82, 2.24) is 9.80 Å². The van der Waals surface area contributed by atoms with Crippen molar-refractivity contribution in [2.75, 3.05) is 19.7 Å². The van der Waals surface area contributed by atoms with Gasteiger partial charge in [0.15, 0.2) is 5.43 Å². The molecule has 1 atom stereocenters. The average molecular weight is 547 g/mol. The number of ether oxygens (including phenoxy) is 1. The molecule has 3 aromatic carbocycles. The second kappa shape index (κ2) is 12.2. The molecule has 5 rings (SSSR count). The molecule has 1 unspecified atom stereocenters. The van der Waals surface area contributed by atoms with Gasteiger partial charge >= 0.3 is 0 Å². The van der Waals surface area contributed by atoms with Gasteiger partial charge in [0.1, 0.15) is 23.8 Å². The van der Waals surface area contributed by atoms with Gasteiger partial charge in [-0.05, 0) is 60.9 Å². The summed E-state index contributed by atoms with van der Waals surface area (Å²) in [5.41, 5.74) is 1.17. The molecule has 0 bridgehead atoms. The lowest BCUT2D eigenvalue weighted by atomic mass is 10.1. The highest BCUT2D eigenvalue weighted by Crippen LogP contribution is 2.18. The number of carbonyl (C=O) groups is 2. The molecule has 2 amide bonds. The molecule has 40 heavy (non-hydrogen) atoms. The number of nitrogens with zero attached hydrogens (tertiary/aromatic N) is 2. The number of hydrogen-bond acceptors (Lipinski definition) is 5. The Labute approximate surface area is 229 Å². The Balaban J connectivity index is 1.44. The second-order valence-corrected chi connectivity index (χ2v) is 9.79. The number of fused-ring (bicyclic) bond motifs is 1. The Kier molecular flexibility index (Phi) is 8.31. The van der Waals surface area contributed by atoms with Crippen molar-refractivity contribution in [3.63, 3.8) is 0 Å². The predicted molar refractivity (Wildman–Crippen MR) is 144 cm³/mol. The standard InChI is InChI=1S/C31H28F2N2O5/c32-24-12-10-21(11-13-24)16-34(17-23-20-40-28-9-2-1-8-27(28)30(23)37)29(36)19-35(18-26-7-4-14-39-26)31(38)22-5-3-6-25(33)15-22/h1-3,5-6,8-13,15,20,26H,4,7,14,16-19H2. The van der Waals surface area contributed by atoms with Crippen LogP contribution < -0.4 is 5.43 Å². The zero-order valence-corrected chi connectivity index (χ0v) is 21.7. The maximum atomic E-state index is 13.9. The van der Waals surface area contributed by atoms with Crippen molar-refractivity contribution in [2.45, 2.75) is 32.0 Å². The minimum absolute atomic E-state index is 0.0628. The summed E-state index contributed by atoms with van der Waals surface area (Å²) >= 11 is 0. The summed E-state index contributed by atoms with van der Waals surface area (Å²) in [4.78, 5) is 43.2. The molecule has 2 heterocycles. The topological polar surface area (TPSA) is 80.1 Å². The number of carbonyl (C=O) groups excluding carboxylic acids is 2. The lowest BCUT2D eigenvalue weighted by Gasteiger charge is -2.29. The highest BCUT2D eigenvalue weighted by molar-refractivity contribution is 5.96. The van der Waals surface area contributed by atoms with E-state index >= 15 is 0 Å². The fraction of sp³-hybridized carbons (Fsp3) is 0.258. The Hall–Kier alpha value is -4.37. The lowest BCUT2D eigenvalue weighted by Crippen LogP contribution is -2.45. The van der Waals surface area contributed by atoms with Crippen molar-refractivity contribution in [1.29, 1.82) is 0 Å². The molecule has 0 spiro atoms. The highest BCUT2D eigenvalue weighted by Gasteiger charge is 2.28. The largest absolute Gasteiger partial charge is 0.464 e. The molecular weight excluding hydrogens is 518 g/mol. The van der Waals surface area contributed by atoms with Crippen LogP contribution in [0.25, 0.3) is 11.0 Å². The number of hydrogen-bond donors (Lipinski definition) is 0. The average Bonchev–Trinajstić information content (AvgIpc) is 3.48. The van der Waals surface area contributed by atoms with E-state index in [0.29, 0.717) is 23.1 Å². The summed E-state index contributed by atoms with van der Waals surface area (Å²) in [6.07, 6.45) is 2.66. The summed E-state index contributed by atoms with van der Waals surface area (Å²) in [5.74, 6) is -1.93. The number of para-hydroxylation sites is 1. The number of benzene rings is 3. The first-order valence-electron chi connectivity index (χ1n) is 13.1. The second-order valence-electron chi connectivity index (χ2n) is 9.79. The van der Waals surface area contributed by atoms with Crippen LogP contribution in [0.4, 0.5) is 8.78 Å². The molecule has 9 heteroatoms. The molecule has 1 aromatic heterocycles. The third-order valence-corrected chi connectivity index (χ3v) is 6.89. The van der Waals surface area contributed by atoms with E-state index in [-0.39, 0.29) is 48.8 Å². The van der Waals surface area contributed by atoms with Gasteiger partial charge in [0.05, 0.1) is 29.9 Å². The first-order chi connectivity index (χ1) is 19.4. The Bertz CT molecular complexity index is 1560. The van der Waals surface area contributed by atoms with Crippen LogP contribution in [-0.4, -0.2) is 47.4 Å². The maximum absolute atomic E-state index is 13.9. The van der Waals surface area contributed by atoms with E-state index in [1.165, 1.54) is 46.4 Å². The van der Waals surface area contributed by atoms with Gasteiger partial charge in [-0.2, -0.15) is 0 Å². The highest BCUT2D eigenvalue weighted by atomic mass is 19.1. The first-order valence-corrected chi connectivity index (χ1v) is 13.1. The minimum atomic E-state index is -0.560. The SMILES string of the molecule is O=C(CN(CC1CCCO1)C(=O)c1cccc(F)c1)N(Cc1ccc(F)cc1)Cc1coc2ccccc2c1=O. The Morgan fingerprint density at radius 1 is 0.900 bits per heavy atom. The van der Waals surface area contributed by atoms with Crippen LogP contribution in [0.3, 0.4) is 0 Å². The zero-order valence-electron chi connectivity index (χ0n) is 21.7. The van der Waals surface area contributed by atoms with Crippen molar-refractivity contribution in [3.05, 3.63) is 118 Å². The molecular formula is C31H28F2N2O5. The van der Waals surface area contributed by atoms with Gasteiger partial charge in [0.25, 0.3) is 5.91 Å². The van der Waals surface area contributed by atoms with E-state index in [0.717, 1.165) is 18.9 Å². The van der Waals surface area contributed by atoms with Crippen molar-refractivity contribution in [2.24, 2.45) is 0 Å². The van der Waals surface area contributed by atoms with Crippen LogP contribution in [-0.2, 0) is 22.6 Å². The van der Waals surface area contributed by atoms with Crippen LogP contribution in [0.2, 0.25) is 0 Å². The maximum Gasteiger partial charge on any atom is 0.254 e. The molecule has 1 saturated heterocycles. The number of halogens is 2. The van der Waals surface area contributed by atoms with Crippen LogP contribution in [0.1, 0.15) is 34.3 Å². The molecule has 0 saturated carbocycles. The third-order valence-electron chi connectivity index (χ3n) is 6.89. The van der Waals surface area contributed by atoms with E-state index in [1.54, 1.807) is 36.4 Å². The van der Waals surface area contributed by atoms with Gasteiger partial charge in [0, 0.05) is 25.3 Å². The van der Waals surface area contributed by atoms with E-state index in [1.807, 2.05) is 0 Å². The van der Waals surface area contributed by atoms with Gasteiger partial charge in [-0.1, -0.05) is 30.3 Å². The molecule has 0 radical (unpaired) electrons. The summed E-state index contributed by atoms with van der Waals surface area (Å²) in [6.45, 7) is 0.368. The summed E-state index contributed by atoms with van der Waals surface area (Å²) in [5, 5.41) is 0.385. The van der Waals surface area contributed by atoms with Gasteiger partial charge in [-0.3, -0.25) is 14.4 Å². The van der Waals surface area contributed by atoms with Gasteiger partial charge in [0.2, 0.25) is 5.91 Å². The summed E-state index contributed by atoms with van der Waals surface area (Å²) < 4.78 is 38.8. The number of rotatable bonds is 9. The normalized spacial score (nSPS) is 14.8. The molecule has 1 aliphatic heterocycles. The van der Waals surface area contributed by atoms with E-state index in [9.17, 15) is 23.2 Å². The minimum Gasteiger partial charge on any atom is -0.464 e. The van der Waals surface area contributed by atoms with Gasteiger partial charge in [-0.15, -0.1) is 0 Å². The van der Waals surface area contributed by atoms with Crippen LogP contribution in [0.15, 0.2) is 88.3 Å².